The van der Waals surface area contributed by atoms with Gasteiger partial charge in [-0.15, -0.1) is 11.3 Å². The zero-order chi connectivity index (χ0) is 24.2. The third kappa shape index (κ3) is 5.28. The second kappa shape index (κ2) is 10.4. The van der Waals surface area contributed by atoms with Crippen LogP contribution < -0.4 is 5.32 Å². The molecule has 5 nitrogen and oxygen atoms in total. The van der Waals surface area contributed by atoms with E-state index in [2.05, 4.69) is 35.8 Å². The molecule has 0 spiro atoms. The van der Waals surface area contributed by atoms with E-state index in [1.165, 1.54) is 10.4 Å². The summed E-state index contributed by atoms with van der Waals surface area (Å²) in [5.41, 5.74) is 4.46. The van der Waals surface area contributed by atoms with E-state index in [0.717, 1.165) is 28.6 Å². The van der Waals surface area contributed by atoms with Crippen LogP contribution in [0.1, 0.15) is 33.6 Å². The number of hydrogen-bond acceptors (Lipinski definition) is 4. The number of aromatic nitrogens is 1. The molecule has 0 unspecified atom stereocenters. The molecular weight excluding hydrogens is 454 g/mol. The Morgan fingerprint density at radius 1 is 1.03 bits per heavy atom. The Bertz CT molecular complexity index is 1320. The van der Waals surface area contributed by atoms with Crippen molar-refractivity contribution in [1.82, 2.24) is 15.2 Å². The van der Waals surface area contributed by atoms with E-state index in [1.807, 2.05) is 53.4 Å². The standard InChI is InChI=1S/C29H29N3O2S/c1-20-8-10-21(11-9-20)27-19-25(24-6-2-3-7-26(24)31-27)29(34)32-16-13-22(14-17-32)28(33)30-15-12-23-5-4-18-35-23/h2-11,18-19,22H,12-17H2,1H3,(H,30,33). The summed E-state index contributed by atoms with van der Waals surface area (Å²) >= 11 is 1.71. The van der Waals surface area contributed by atoms with Gasteiger partial charge in [0.2, 0.25) is 5.91 Å². The number of thiophene rings is 1. The van der Waals surface area contributed by atoms with Crippen LogP contribution in [0, 0.1) is 12.8 Å². The van der Waals surface area contributed by atoms with Crippen LogP contribution in [0.5, 0.6) is 0 Å². The highest BCUT2D eigenvalue weighted by Gasteiger charge is 2.28. The van der Waals surface area contributed by atoms with Crippen molar-refractivity contribution in [3.63, 3.8) is 0 Å². The lowest BCUT2D eigenvalue weighted by atomic mass is 9.94. The van der Waals surface area contributed by atoms with Crippen molar-refractivity contribution >= 4 is 34.1 Å². The number of pyridine rings is 1. The lowest BCUT2D eigenvalue weighted by Crippen LogP contribution is -2.43. The van der Waals surface area contributed by atoms with Crippen LogP contribution in [0.2, 0.25) is 0 Å². The lowest BCUT2D eigenvalue weighted by molar-refractivity contribution is -0.126. The Morgan fingerprint density at radius 2 is 1.80 bits per heavy atom. The lowest BCUT2D eigenvalue weighted by Gasteiger charge is -2.31. The second-order valence-corrected chi connectivity index (χ2v) is 10.2. The van der Waals surface area contributed by atoms with Gasteiger partial charge in [0.05, 0.1) is 16.8 Å². The molecule has 1 aliphatic rings. The van der Waals surface area contributed by atoms with E-state index < -0.39 is 0 Å². The van der Waals surface area contributed by atoms with E-state index in [9.17, 15) is 9.59 Å². The minimum absolute atomic E-state index is 0.00788. The topological polar surface area (TPSA) is 62.3 Å². The van der Waals surface area contributed by atoms with Gasteiger partial charge in [0.1, 0.15) is 0 Å². The molecule has 0 bridgehead atoms. The normalized spacial score (nSPS) is 14.3. The Morgan fingerprint density at radius 3 is 2.54 bits per heavy atom. The Labute approximate surface area is 209 Å². The van der Waals surface area contributed by atoms with Crippen molar-refractivity contribution in [3.05, 3.63) is 88.1 Å². The molecule has 1 fully saturated rings. The summed E-state index contributed by atoms with van der Waals surface area (Å²) in [5, 5.41) is 5.99. The van der Waals surface area contributed by atoms with Gasteiger partial charge in [-0.2, -0.15) is 0 Å². The molecule has 2 aromatic carbocycles. The first-order valence-corrected chi connectivity index (χ1v) is 13.0. The molecule has 1 aliphatic heterocycles. The molecule has 0 atom stereocenters. The first-order chi connectivity index (χ1) is 17.1. The van der Waals surface area contributed by atoms with Crippen molar-refractivity contribution in [2.75, 3.05) is 19.6 Å². The summed E-state index contributed by atoms with van der Waals surface area (Å²) in [6.07, 6.45) is 2.23. The van der Waals surface area contributed by atoms with Crippen LogP contribution in [-0.2, 0) is 11.2 Å². The maximum Gasteiger partial charge on any atom is 0.254 e. The monoisotopic (exact) mass is 483 g/mol. The smallest absolute Gasteiger partial charge is 0.254 e. The first kappa shape index (κ1) is 23.2. The van der Waals surface area contributed by atoms with Gasteiger partial charge in [-0.05, 0) is 49.8 Å². The van der Waals surface area contributed by atoms with Gasteiger partial charge in [-0.1, -0.05) is 54.1 Å². The molecule has 5 rings (SSSR count). The molecule has 2 aromatic heterocycles. The highest BCUT2D eigenvalue weighted by molar-refractivity contribution is 7.09. The number of carbonyl (C=O) groups excluding carboxylic acids is 2. The third-order valence-corrected chi connectivity index (χ3v) is 7.63. The molecule has 0 saturated carbocycles. The van der Waals surface area contributed by atoms with Crippen molar-refractivity contribution in [2.24, 2.45) is 5.92 Å². The van der Waals surface area contributed by atoms with Crippen molar-refractivity contribution in [3.8, 4) is 11.3 Å². The number of nitrogens with one attached hydrogen (secondary N) is 1. The number of aryl methyl sites for hydroxylation is 1. The second-order valence-electron chi connectivity index (χ2n) is 9.13. The number of likely N-dealkylation sites (tertiary alicyclic amines) is 1. The Balaban J connectivity index is 1.28. The fourth-order valence-corrected chi connectivity index (χ4v) is 5.36. The van der Waals surface area contributed by atoms with Gasteiger partial charge < -0.3 is 10.2 Å². The van der Waals surface area contributed by atoms with Crippen LogP contribution >= 0.6 is 11.3 Å². The number of benzene rings is 2. The molecule has 0 aliphatic carbocycles. The largest absolute Gasteiger partial charge is 0.355 e. The molecular formula is C29H29N3O2S. The zero-order valence-corrected chi connectivity index (χ0v) is 20.7. The van der Waals surface area contributed by atoms with Crippen LogP contribution in [0.4, 0.5) is 0 Å². The number of nitrogens with zero attached hydrogens (tertiary/aromatic N) is 2. The number of rotatable bonds is 6. The van der Waals surface area contributed by atoms with Crippen LogP contribution in [0.25, 0.3) is 22.2 Å². The maximum atomic E-state index is 13.6. The molecule has 1 saturated heterocycles. The predicted molar refractivity (Wildman–Crippen MR) is 142 cm³/mol. The molecule has 3 heterocycles. The van der Waals surface area contributed by atoms with Gasteiger partial charge in [-0.3, -0.25) is 9.59 Å². The summed E-state index contributed by atoms with van der Waals surface area (Å²) in [6, 6.07) is 22.1. The Hall–Kier alpha value is -3.51. The number of piperidine rings is 1. The number of fused-ring (bicyclic) bond motifs is 1. The molecule has 4 aromatic rings. The molecule has 35 heavy (non-hydrogen) atoms. The molecule has 178 valence electrons. The minimum Gasteiger partial charge on any atom is -0.355 e. The van der Waals surface area contributed by atoms with Gasteiger partial charge in [-0.25, -0.2) is 4.98 Å². The number of amides is 2. The van der Waals surface area contributed by atoms with Crippen molar-refractivity contribution in [2.45, 2.75) is 26.2 Å². The van der Waals surface area contributed by atoms with Crippen LogP contribution in [0.3, 0.4) is 0 Å². The van der Waals surface area contributed by atoms with Gasteiger partial charge in [0, 0.05) is 41.4 Å². The predicted octanol–water partition coefficient (Wildman–Crippen LogP) is 5.48. The van der Waals surface area contributed by atoms with Gasteiger partial charge >= 0.3 is 0 Å². The fourth-order valence-electron chi connectivity index (χ4n) is 4.65. The van der Waals surface area contributed by atoms with Crippen LogP contribution in [-0.4, -0.2) is 41.3 Å². The van der Waals surface area contributed by atoms with E-state index in [4.69, 9.17) is 4.98 Å². The summed E-state index contributed by atoms with van der Waals surface area (Å²) in [7, 11) is 0. The van der Waals surface area contributed by atoms with Gasteiger partial charge in [0.25, 0.3) is 5.91 Å². The van der Waals surface area contributed by atoms with E-state index in [0.29, 0.717) is 38.0 Å². The molecule has 0 radical (unpaired) electrons. The van der Waals surface area contributed by atoms with Crippen LogP contribution in [0.15, 0.2) is 72.1 Å². The van der Waals surface area contributed by atoms with E-state index in [1.54, 1.807) is 11.3 Å². The number of para-hydroxylation sites is 1. The fraction of sp³-hybridized carbons (Fsp3) is 0.276. The molecule has 2 amide bonds. The van der Waals surface area contributed by atoms with Gasteiger partial charge in [0.15, 0.2) is 0 Å². The van der Waals surface area contributed by atoms with E-state index >= 15 is 0 Å². The SMILES string of the molecule is Cc1ccc(-c2cc(C(=O)N3CCC(C(=O)NCCc4cccs4)CC3)c3ccccc3n2)cc1. The summed E-state index contributed by atoms with van der Waals surface area (Å²) in [5.74, 6) is 0.0675. The minimum atomic E-state index is -0.0420. The highest BCUT2D eigenvalue weighted by Crippen LogP contribution is 2.28. The average molecular weight is 484 g/mol. The molecule has 1 N–H and O–H groups in total. The maximum absolute atomic E-state index is 13.6. The zero-order valence-electron chi connectivity index (χ0n) is 19.9. The van der Waals surface area contributed by atoms with E-state index in [-0.39, 0.29) is 17.7 Å². The van der Waals surface area contributed by atoms with Crippen molar-refractivity contribution in [1.29, 1.82) is 0 Å². The molecule has 6 heteroatoms. The number of hydrogen-bond donors (Lipinski definition) is 1. The quantitative estimate of drug-likeness (QED) is 0.395. The Kier molecular flexibility index (Phi) is 6.91. The third-order valence-electron chi connectivity index (χ3n) is 6.70. The summed E-state index contributed by atoms with van der Waals surface area (Å²) in [6.45, 7) is 3.88. The first-order valence-electron chi connectivity index (χ1n) is 12.1. The summed E-state index contributed by atoms with van der Waals surface area (Å²) < 4.78 is 0. The summed E-state index contributed by atoms with van der Waals surface area (Å²) in [4.78, 5) is 34.3. The van der Waals surface area contributed by atoms with Crippen molar-refractivity contribution < 1.29 is 9.59 Å². The number of carbonyl (C=O) groups is 2. The highest BCUT2D eigenvalue weighted by atomic mass is 32.1. The average Bonchev–Trinajstić information content (AvgIpc) is 3.42.